The molecule has 0 radical (unpaired) electrons. The molecule has 192 valence electrons. The van der Waals surface area contributed by atoms with Crippen molar-refractivity contribution in [1.29, 1.82) is 0 Å². The van der Waals surface area contributed by atoms with Crippen molar-refractivity contribution >= 4 is 27.5 Å². The highest BCUT2D eigenvalue weighted by Gasteiger charge is 2.32. The molecule has 0 saturated heterocycles. The number of aryl methyl sites for hydroxylation is 1. The van der Waals surface area contributed by atoms with Gasteiger partial charge in [0, 0.05) is 13.1 Å². The highest BCUT2D eigenvalue weighted by atomic mass is 32.2. The van der Waals surface area contributed by atoms with Gasteiger partial charge in [0.15, 0.2) is 0 Å². The summed E-state index contributed by atoms with van der Waals surface area (Å²) in [5.41, 5.74) is 3.23. The number of carbonyl (C=O) groups excluding carboxylic acids is 2. The molecule has 0 aliphatic heterocycles. The molecule has 0 aromatic heterocycles. The lowest BCUT2D eigenvalue weighted by Gasteiger charge is -2.33. The van der Waals surface area contributed by atoms with Gasteiger partial charge in [-0.3, -0.25) is 13.9 Å². The zero-order chi connectivity index (χ0) is 26.2. The highest BCUT2D eigenvalue weighted by molar-refractivity contribution is 7.92. The van der Waals surface area contributed by atoms with E-state index in [-0.39, 0.29) is 24.9 Å². The first kappa shape index (κ1) is 28.4. The minimum absolute atomic E-state index is 0.0665. The summed E-state index contributed by atoms with van der Waals surface area (Å²) in [6.07, 6.45) is 2.30. The molecule has 7 nitrogen and oxygen atoms in total. The lowest BCUT2D eigenvalue weighted by molar-refractivity contribution is -0.140. The molecule has 0 unspecified atom stereocenters. The molecule has 8 heteroatoms. The number of hydrogen-bond acceptors (Lipinski definition) is 4. The number of sulfonamides is 1. The van der Waals surface area contributed by atoms with Gasteiger partial charge < -0.3 is 10.2 Å². The molecular formula is C27H39N3O4S. The largest absolute Gasteiger partial charge is 0.354 e. The van der Waals surface area contributed by atoms with Crippen LogP contribution < -0.4 is 9.62 Å². The standard InChI is InChI=1S/C27H39N3O4S/c1-7-17-28-27(32)24(8-2)29(18-22-14-10-9-13-21(22)5)26(31)19-30(35(6,33)34)25-16-12-11-15-23(25)20(3)4/h9-16,20,24H,7-8,17-19H2,1-6H3,(H,28,32)/t24-/m1/s1. The predicted molar refractivity (Wildman–Crippen MR) is 142 cm³/mol. The van der Waals surface area contributed by atoms with Gasteiger partial charge in [-0.1, -0.05) is 70.2 Å². The second-order valence-electron chi connectivity index (χ2n) is 9.15. The predicted octanol–water partition coefficient (Wildman–Crippen LogP) is 4.22. The van der Waals surface area contributed by atoms with Gasteiger partial charge in [-0.25, -0.2) is 8.42 Å². The smallest absolute Gasteiger partial charge is 0.244 e. The van der Waals surface area contributed by atoms with Gasteiger partial charge >= 0.3 is 0 Å². The van der Waals surface area contributed by atoms with E-state index in [1.807, 2.05) is 71.0 Å². The van der Waals surface area contributed by atoms with E-state index in [1.54, 1.807) is 12.1 Å². The second kappa shape index (κ2) is 12.7. The van der Waals surface area contributed by atoms with Crippen molar-refractivity contribution in [3.63, 3.8) is 0 Å². The van der Waals surface area contributed by atoms with E-state index in [1.165, 1.54) is 4.90 Å². The summed E-state index contributed by atoms with van der Waals surface area (Å²) in [4.78, 5) is 28.3. The van der Waals surface area contributed by atoms with E-state index in [2.05, 4.69) is 5.32 Å². The number of anilines is 1. The summed E-state index contributed by atoms with van der Waals surface area (Å²) in [6.45, 7) is 10.1. The van der Waals surface area contributed by atoms with E-state index in [4.69, 9.17) is 0 Å². The number of nitrogens with zero attached hydrogens (tertiary/aromatic N) is 2. The third-order valence-electron chi connectivity index (χ3n) is 6.04. The van der Waals surface area contributed by atoms with Gasteiger partial charge in [0.05, 0.1) is 11.9 Å². The van der Waals surface area contributed by atoms with Crippen LogP contribution in [0.1, 0.15) is 63.1 Å². The Labute approximate surface area is 210 Å². The molecule has 35 heavy (non-hydrogen) atoms. The van der Waals surface area contributed by atoms with Gasteiger partial charge in [-0.05, 0) is 48.4 Å². The summed E-state index contributed by atoms with van der Waals surface area (Å²) in [7, 11) is -3.77. The third kappa shape index (κ3) is 7.56. The molecule has 0 spiro atoms. The normalized spacial score (nSPS) is 12.3. The average molecular weight is 502 g/mol. The molecule has 0 bridgehead atoms. The fraction of sp³-hybridized carbons (Fsp3) is 0.481. The lowest BCUT2D eigenvalue weighted by atomic mass is 10.0. The van der Waals surface area contributed by atoms with Crippen molar-refractivity contribution in [2.45, 2.75) is 66.0 Å². The first-order valence-corrected chi connectivity index (χ1v) is 14.0. The lowest BCUT2D eigenvalue weighted by Crippen LogP contribution is -2.52. The summed E-state index contributed by atoms with van der Waals surface area (Å²) >= 11 is 0. The Morgan fingerprint density at radius 2 is 1.63 bits per heavy atom. The Balaban J connectivity index is 2.50. The maximum absolute atomic E-state index is 13.8. The van der Waals surface area contributed by atoms with Crippen LogP contribution in [0.2, 0.25) is 0 Å². The van der Waals surface area contributed by atoms with Crippen molar-refractivity contribution < 1.29 is 18.0 Å². The van der Waals surface area contributed by atoms with Crippen LogP contribution in [0.15, 0.2) is 48.5 Å². The number of amides is 2. The molecule has 0 saturated carbocycles. The van der Waals surface area contributed by atoms with E-state index in [0.717, 1.165) is 33.7 Å². The number of benzene rings is 2. The quantitative estimate of drug-likeness (QED) is 0.472. The zero-order valence-corrected chi connectivity index (χ0v) is 22.6. The molecule has 2 aromatic rings. The third-order valence-corrected chi connectivity index (χ3v) is 7.17. The van der Waals surface area contributed by atoms with Crippen molar-refractivity contribution in [2.75, 3.05) is 23.7 Å². The molecule has 2 rings (SSSR count). The summed E-state index contributed by atoms with van der Waals surface area (Å²) in [5.74, 6) is -0.586. The van der Waals surface area contributed by atoms with Crippen molar-refractivity contribution in [1.82, 2.24) is 10.2 Å². The highest BCUT2D eigenvalue weighted by Crippen LogP contribution is 2.29. The number of carbonyl (C=O) groups is 2. The van der Waals surface area contributed by atoms with Crippen molar-refractivity contribution in [2.24, 2.45) is 0 Å². The number of rotatable bonds is 12. The monoisotopic (exact) mass is 501 g/mol. The van der Waals surface area contributed by atoms with Crippen LogP contribution in [0.3, 0.4) is 0 Å². The molecule has 2 amide bonds. The van der Waals surface area contributed by atoms with Crippen molar-refractivity contribution in [3.05, 3.63) is 65.2 Å². The van der Waals surface area contributed by atoms with E-state index in [9.17, 15) is 18.0 Å². The van der Waals surface area contributed by atoms with Crippen LogP contribution in [0, 0.1) is 6.92 Å². The Bertz CT molecular complexity index is 1110. The van der Waals surface area contributed by atoms with Crippen molar-refractivity contribution in [3.8, 4) is 0 Å². The zero-order valence-electron chi connectivity index (χ0n) is 21.7. The van der Waals surface area contributed by atoms with Crippen LogP contribution >= 0.6 is 0 Å². The van der Waals surface area contributed by atoms with E-state index >= 15 is 0 Å². The van der Waals surface area contributed by atoms with Gasteiger partial charge in [0.1, 0.15) is 12.6 Å². The molecular weight excluding hydrogens is 462 g/mol. The van der Waals surface area contributed by atoms with Gasteiger partial charge in [-0.15, -0.1) is 0 Å². The first-order valence-electron chi connectivity index (χ1n) is 12.2. The van der Waals surface area contributed by atoms with E-state index < -0.39 is 22.0 Å². The molecule has 0 heterocycles. The fourth-order valence-corrected chi connectivity index (χ4v) is 4.92. The minimum atomic E-state index is -3.77. The minimum Gasteiger partial charge on any atom is -0.354 e. The van der Waals surface area contributed by atoms with Gasteiger partial charge in [0.2, 0.25) is 21.8 Å². The molecule has 0 aliphatic carbocycles. The summed E-state index contributed by atoms with van der Waals surface area (Å²) in [5, 5.41) is 2.89. The van der Waals surface area contributed by atoms with Crippen LogP contribution in [0.25, 0.3) is 0 Å². The summed E-state index contributed by atoms with van der Waals surface area (Å²) in [6, 6.07) is 14.2. The maximum Gasteiger partial charge on any atom is 0.244 e. The molecule has 2 aromatic carbocycles. The number of para-hydroxylation sites is 1. The number of nitrogens with one attached hydrogen (secondary N) is 1. The maximum atomic E-state index is 13.8. The molecule has 0 fully saturated rings. The average Bonchev–Trinajstić information content (AvgIpc) is 2.81. The fourth-order valence-electron chi connectivity index (χ4n) is 4.05. The second-order valence-corrected chi connectivity index (χ2v) is 11.1. The first-order chi connectivity index (χ1) is 16.5. The topological polar surface area (TPSA) is 86.8 Å². The Kier molecular flexibility index (Phi) is 10.3. The van der Waals surface area contributed by atoms with Gasteiger partial charge in [-0.2, -0.15) is 0 Å². The SMILES string of the molecule is CCCNC(=O)[C@@H](CC)N(Cc1ccccc1C)C(=O)CN(c1ccccc1C(C)C)S(C)(=O)=O. The van der Waals surface area contributed by atoms with Crippen LogP contribution in [-0.2, 0) is 26.2 Å². The molecule has 1 N–H and O–H groups in total. The molecule has 1 atom stereocenters. The summed E-state index contributed by atoms with van der Waals surface area (Å²) < 4.78 is 26.9. The Morgan fingerprint density at radius 3 is 2.20 bits per heavy atom. The number of hydrogen-bond donors (Lipinski definition) is 1. The van der Waals surface area contributed by atoms with Crippen LogP contribution in [0.4, 0.5) is 5.69 Å². The Hall–Kier alpha value is -2.87. The van der Waals surface area contributed by atoms with Gasteiger partial charge in [0.25, 0.3) is 0 Å². The Morgan fingerprint density at radius 1 is 1.00 bits per heavy atom. The van der Waals surface area contributed by atoms with E-state index in [0.29, 0.717) is 18.7 Å². The molecule has 0 aliphatic rings. The van der Waals surface area contributed by atoms with Crippen LogP contribution in [0.5, 0.6) is 0 Å². The van der Waals surface area contributed by atoms with Crippen LogP contribution in [-0.4, -0.2) is 50.5 Å².